The van der Waals surface area contributed by atoms with Gasteiger partial charge in [-0.1, -0.05) is 13.8 Å². The van der Waals surface area contributed by atoms with Crippen LogP contribution < -0.4 is 5.73 Å². The lowest BCUT2D eigenvalue weighted by Crippen LogP contribution is -2.55. The fourth-order valence-electron chi connectivity index (χ4n) is 2.40. The van der Waals surface area contributed by atoms with Crippen LogP contribution in [-0.2, 0) is 4.74 Å². The first kappa shape index (κ1) is 12.0. The van der Waals surface area contributed by atoms with E-state index in [1.807, 2.05) is 0 Å². The molecular weight excluding hydrogens is 176 g/mol. The second-order valence-electron chi connectivity index (χ2n) is 4.26. The van der Waals surface area contributed by atoms with Gasteiger partial charge in [-0.2, -0.15) is 0 Å². The monoisotopic (exact) mass is 200 g/mol. The molecule has 0 aromatic carbocycles. The first-order valence-corrected chi connectivity index (χ1v) is 5.71. The molecule has 0 bridgehead atoms. The van der Waals surface area contributed by atoms with Gasteiger partial charge in [0, 0.05) is 24.7 Å². The first-order valence-electron chi connectivity index (χ1n) is 5.71. The third-order valence-corrected chi connectivity index (χ3v) is 3.90. The summed E-state index contributed by atoms with van der Waals surface area (Å²) in [4.78, 5) is 2.44. The van der Waals surface area contributed by atoms with Crippen LogP contribution in [0.3, 0.4) is 0 Å². The van der Waals surface area contributed by atoms with E-state index in [0.29, 0.717) is 6.04 Å². The van der Waals surface area contributed by atoms with Gasteiger partial charge in [0.25, 0.3) is 0 Å². The number of nitrogens with two attached hydrogens (primary N) is 1. The van der Waals surface area contributed by atoms with Gasteiger partial charge in [0.15, 0.2) is 0 Å². The van der Waals surface area contributed by atoms with Gasteiger partial charge in [0.05, 0.1) is 6.61 Å². The van der Waals surface area contributed by atoms with Crippen LogP contribution >= 0.6 is 0 Å². The zero-order chi connectivity index (χ0) is 10.6. The van der Waals surface area contributed by atoms with Crippen molar-refractivity contribution in [3.8, 4) is 0 Å². The molecule has 1 heterocycles. The van der Waals surface area contributed by atoms with Crippen molar-refractivity contribution in [2.24, 2.45) is 5.73 Å². The molecule has 1 fully saturated rings. The number of nitrogens with zero attached hydrogens (tertiary/aromatic N) is 1. The van der Waals surface area contributed by atoms with Gasteiger partial charge >= 0.3 is 0 Å². The summed E-state index contributed by atoms with van der Waals surface area (Å²) in [6, 6.07) is 0.568. The van der Waals surface area contributed by atoms with Crippen LogP contribution in [0.1, 0.15) is 33.1 Å². The molecule has 0 spiro atoms. The van der Waals surface area contributed by atoms with Gasteiger partial charge in [-0.05, 0) is 26.3 Å². The van der Waals surface area contributed by atoms with E-state index < -0.39 is 0 Å². The highest BCUT2D eigenvalue weighted by Gasteiger charge is 2.35. The zero-order valence-corrected chi connectivity index (χ0v) is 9.75. The summed E-state index contributed by atoms with van der Waals surface area (Å²) >= 11 is 0. The highest BCUT2D eigenvalue weighted by molar-refractivity contribution is 4.92. The van der Waals surface area contributed by atoms with Crippen molar-refractivity contribution >= 4 is 0 Å². The molecule has 1 unspecified atom stereocenters. The Morgan fingerprint density at radius 1 is 1.43 bits per heavy atom. The molecule has 84 valence electrons. The minimum Gasteiger partial charge on any atom is -0.380 e. The smallest absolute Gasteiger partial charge is 0.0622 e. The van der Waals surface area contributed by atoms with Crippen LogP contribution in [0.5, 0.6) is 0 Å². The van der Waals surface area contributed by atoms with E-state index in [9.17, 15) is 0 Å². The Bertz CT molecular complexity index is 154. The van der Waals surface area contributed by atoms with Crippen molar-refractivity contribution in [3.05, 3.63) is 0 Å². The van der Waals surface area contributed by atoms with Crippen molar-refractivity contribution < 1.29 is 4.74 Å². The van der Waals surface area contributed by atoms with Gasteiger partial charge in [-0.15, -0.1) is 0 Å². The predicted octanol–water partition coefficient (Wildman–Crippen LogP) is 1.22. The highest BCUT2D eigenvalue weighted by Crippen LogP contribution is 2.26. The van der Waals surface area contributed by atoms with Gasteiger partial charge in [-0.3, -0.25) is 4.90 Å². The normalized spacial score (nSPS) is 23.4. The molecule has 1 saturated heterocycles. The lowest BCUT2D eigenvalue weighted by molar-refractivity contribution is 0.0594. The Hall–Kier alpha value is -0.120. The summed E-state index contributed by atoms with van der Waals surface area (Å²) in [5.41, 5.74) is 6.09. The summed E-state index contributed by atoms with van der Waals surface area (Å²) < 4.78 is 5.42. The molecule has 3 nitrogen and oxygen atoms in total. The number of likely N-dealkylation sites (N-methyl/N-ethyl adjacent to an activating group) is 1. The van der Waals surface area contributed by atoms with E-state index >= 15 is 0 Å². The van der Waals surface area contributed by atoms with Crippen LogP contribution in [0.15, 0.2) is 0 Å². The Morgan fingerprint density at radius 3 is 2.43 bits per heavy atom. The number of ether oxygens (including phenoxy) is 1. The largest absolute Gasteiger partial charge is 0.380 e. The fraction of sp³-hybridized carbons (Fsp3) is 1.00. The van der Waals surface area contributed by atoms with Gasteiger partial charge in [0.1, 0.15) is 0 Å². The van der Waals surface area contributed by atoms with Gasteiger partial charge in [0.2, 0.25) is 0 Å². The molecule has 0 aliphatic carbocycles. The number of hydrogen-bond acceptors (Lipinski definition) is 3. The minimum absolute atomic E-state index is 0.179. The standard InChI is InChI=1S/C11H24N2O/c1-4-11(5-2,9-12)13(3)10-6-7-14-8-10/h10H,4-9,12H2,1-3H3. The molecule has 0 aromatic rings. The average Bonchev–Trinajstić information content (AvgIpc) is 2.74. The van der Waals surface area contributed by atoms with E-state index in [-0.39, 0.29) is 5.54 Å². The summed E-state index contributed by atoms with van der Waals surface area (Å²) in [6.45, 7) is 6.97. The Balaban J connectivity index is 2.65. The molecule has 0 amide bonds. The summed E-state index contributed by atoms with van der Waals surface area (Å²) in [6.07, 6.45) is 3.39. The summed E-state index contributed by atoms with van der Waals surface area (Å²) in [5.74, 6) is 0. The maximum atomic E-state index is 5.91. The van der Waals surface area contributed by atoms with Crippen LogP contribution in [0.2, 0.25) is 0 Å². The van der Waals surface area contributed by atoms with E-state index in [0.717, 1.165) is 39.0 Å². The first-order chi connectivity index (χ1) is 6.70. The molecule has 2 N–H and O–H groups in total. The van der Waals surface area contributed by atoms with Crippen molar-refractivity contribution in [2.45, 2.75) is 44.7 Å². The van der Waals surface area contributed by atoms with Crippen LogP contribution in [0.4, 0.5) is 0 Å². The predicted molar refractivity (Wildman–Crippen MR) is 59.4 cm³/mol. The number of hydrogen-bond donors (Lipinski definition) is 1. The molecule has 0 radical (unpaired) electrons. The van der Waals surface area contributed by atoms with Crippen molar-refractivity contribution in [1.82, 2.24) is 4.90 Å². The van der Waals surface area contributed by atoms with Crippen molar-refractivity contribution in [1.29, 1.82) is 0 Å². The maximum Gasteiger partial charge on any atom is 0.0622 e. The van der Waals surface area contributed by atoms with Gasteiger partial charge < -0.3 is 10.5 Å². The van der Waals surface area contributed by atoms with Crippen molar-refractivity contribution in [3.63, 3.8) is 0 Å². The highest BCUT2D eigenvalue weighted by atomic mass is 16.5. The quantitative estimate of drug-likeness (QED) is 0.725. The Labute approximate surface area is 87.6 Å². The molecule has 0 aromatic heterocycles. The molecule has 1 atom stereocenters. The second kappa shape index (κ2) is 5.10. The van der Waals surface area contributed by atoms with Crippen molar-refractivity contribution in [2.75, 3.05) is 26.8 Å². The Kier molecular flexibility index (Phi) is 4.35. The van der Waals surface area contributed by atoms with E-state index in [1.54, 1.807) is 0 Å². The summed E-state index contributed by atoms with van der Waals surface area (Å²) in [5, 5.41) is 0. The molecule has 3 heteroatoms. The van der Waals surface area contributed by atoms with E-state index in [1.165, 1.54) is 0 Å². The molecule has 1 aliphatic heterocycles. The van der Waals surface area contributed by atoms with Crippen LogP contribution in [-0.4, -0.2) is 43.3 Å². The second-order valence-corrected chi connectivity index (χ2v) is 4.26. The zero-order valence-electron chi connectivity index (χ0n) is 9.75. The number of rotatable bonds is 5. The SMILES string of the molecule is CCC(CC)(CN)N(C)C1CCOC1. The molecule has 0 saturated carbocycles. The fourth-order valence-corrected chi connectivity index (χ4v) is 2.40. The minimum atomic E-state index is 0.179. The maximum absolute atomic E-state index is 5.91. The topological polar surface area (TPSA) is 38.5 Å². The third kappa shape index (κ3) is 2.10. The van der Waals surface area contributed by atoms with Crippen LogP contribution in [0.25, 0.3) is 0 Å². The molecule has 1 aliphatic rings. The third-order valence-electron chi connectivity index (χ3n) is 3.90. The Morgan fingerprint density at radius 2 is 2.07 bits per heavy atom. The van der Waals surface area contributed by atoms with E-state index in [2.05, 4.69) is 25.8 Å². The van der Waals surface area contributed by atoms with Gasteiger partial charge in [-0.25, -0.2) is 0 Å². The summed E-state index contributed by atoms with van der Waals surface area (Å²) in [7, 11) is 2.19. The lowest BCUT2D eigenvalue weighted by Gasteiger charge is -2.43. The molecular formula is C11H24N2O. The average molecular weight is 200 g/mol. The molecule has 14 heavy (non-hydrogen) atoms. The van der Waals surface area contributed by atoms with Crippen LogP contribution in [0, 0.1) is 0 Å². The lowest BCUT2D eigenvalue weighted by atomic mass is 9.89. The van der Waals surface area contributed by atoms with E-state index in [4.69, 9.17) is 10.5 Å². The molecule has 1 rings (SSSR count).